The van der Waals surface area contributed by atoms with Gasteiger partial charge < -0.3 is 9.36 Å². The number of nitrogens with zero attached hydrogens (tertiary/aromatic N) is 2. The third kappa shape index (κ3) is 2.17. The lowest BCUT2D eigenvalue weighted by molar-refractivity contribution is -0.0346. The number of rotatable bonds is 3. The van der Waals surface area contributed by atoms with E-state index in [2.05, 4.69) is 5.16 Å². The van der Waals surface area contributed by atoms with E-state index in [-0.39, 0.29) is 0 Å². The van der Waals surface area contributed by atoms with Crippen molar-refractivity contribution in [2.75, 3.05) is 13.1 Å². The molecule has 2 aromatic rings. The van der Waals surface area contributed by atoms with Gasteiger partial charge in [0, 0.05) is 18.7 Å². The van der Waals surface area contributed by atoms with Crippen molar-refractivity contribution in [3.05, 3.63) is 36.6 Å². The van der Waals surface area contributed by atoms with Crippen molar-refractivity contribution in [3.63, 3.8) is 0 Å². The summed E-state index contributed by atoms with van der Waals surface area (Å²) in [4.78, 5) is 5.78. The third-order valence-electron chi connectivity index (χ3n) is 2.88. The van der Waals surface area contributed by atoms with E-state index in [1.54, 1.807) is 6.26 Å². The summed E-state index contributed by atoms with van der Waals surface area (Å²) in [6.45, 7) is 1.94. The Kier molecular flexibility index (Phi) is 2.80. The first-order chi connectivity index (χ1) is 8.43. The van der Waals surface area contributed by atoms with E-state index in [4.69, 9.17) is 9.36 Å². The molecule has 1 aliphatic rings. The van der Waals surface area contributed by atoms with E-state index in [1.165, 1.54) is 12.8 Å². The number of aromatic nitrogens is 1. The standard InChI is InChI=1S/C13H14N2O2/c1-2-6-11(7-3-1)13-12(10-16-14-13)17-15-8-4-5-9-15/h1-3,6-7,10H,4-5,8-9H2. The van der Waals surface area contributed by atoms with Crippen LogP contribution in [-0.2, 0) is 0 Å². The average Bonchev–Trinajstić information content (AvgIpc) is 3.02. The van der Waals surface area contributed by atoms with Gasteiger partial charge in [-0.25, -0.2) is 0 Å². The smallest absolute Gasteiger partial charge is 0.214 e. The largest absolute Gasteiger partial charge is 0.400 e. The quantitative estimate of drug-likeness (QED) is 0.812. The Bertz CT molecular complexity index is 475. The van der Waals surface area contributed by atoms with Crippen LogP contribution in [0.25, 0.3) is 11.3 Å². The minimum atomic E-state index is 0.693. The molecule has 3 rings (SSSR count). The molecule has 1 aromatic carbocycles. The molecule has 4 heteroatoms. The van der Waals surface area contributed by atoms with Crippen LogP contribution in [0, 0.1) is 0 Å². The summed E-state index contributed by atoms with van der Waals surface area (Å²) in [5.74, 6) is 0.693. The molecule has 1 fully saturated rings. The molecule has 1 aromatic heterocycles. The predicted octanol–water partition coefficient (Wildman–Crippen LogP) is 2.73. The van der Waals surface area contributed by atoms with E-state index >= 15 is 0 Å². The molecule has 0 spiro atoms. The van der Waals surface area contributed by atoms with Crippen molar-refractivity contribution in [1.29, 1.82) is 0 Å². The molecule has 4 nitrogen and oxygen atoms in total. The van der Waals surface area contributed by atoms with Crippen molar-refractivity contribution in [2.45, 2.75) is 12.8 Å². The van der Waals surface area contributed by atoms with Crippen LogP contribution in [0.1, 0.15) is 12.8 Å². The summed E-state index contributed by atoms with van der Waals surface area (Å²) in [5, 5.41) is 5.96. The van der Waals surface area contributed by atoms with Gasteiger partial charge in [-0.1, -0.05) is 35.5 Å². The van der Waals surface area contributed by atoms with Crippen molar-refractivity contribution in [2.24, 2.45) is 0 Å². The van der Waals surface area contributed by atoms with Crippen LogP contribution >= 0.6 is 0 Å². The van der Waals surface area contributed by atoms with Crippen LogP contribution in [0.5, 0.6) is 5.75 Å². The topological polar surface area (TPSA) is 38.5 Å². The lowest BCUT2D eigenvalue weighted by Crippen LogP contribution is -2.23. The highest BCUT2D eigenvalue weighted by atomic mass is 16.7. The molecule has 1 saturated heterocycles. The molecule has 0 saturated carbocycles. The normalized spacial score (nSPS) is 16.2. The number of hydrogen-bond donors (Lipinski definition) is 0. The Labute approximate surface area is 99.7 Å². The highest BCUT2D eigenvalue weighted by molar-refractivity contribution is 5.64. The first-order valence-electron chi connectivity index (χ1n) is 5.86. The van der Waals surface area contributed by atoms with Gasteiger partial charge in [-0.3, -0.25) is 0 Å². The fourth-order valence-corrected chi connectivity index (χ4v) is 2.00. The number of hydroxylamine groups is 2. The summed E-state index contributed by atoms with van der Waals surface area (Å²) in [6.07, 6.45) is 3.93. The Balaban J connectivity index is 1.84. The Hall–Kier alpha value is -1.81. The molecule has 0 unspecified atom stereocenters. The highest BCUT2D eigenvalue weighted by Crippen LogP contribution is 2.29. The van der Waals surface area contributed by atoms with Gasteiger partial charge in [-0.05, 0) is 12.8 Å². The minimum Gasteiger partial charge on any atom is -0.400 e. The highest BCUT2D eigenvalue weighted by Gasteiger charge is 2.18. The van der Waals surface area contributed by atoms with Crippen LogP contribution in [-0.4, -0.2) is 23.3 Å². The fraction of sp³-hybridized carbons (Fsp3) is 0.308. The molecule has 0 atom stereocenters. The predicted molar refractivity (Wildman–Crippen MR) is 63.4 cm³/mol. The molecule has 2 heterocycles. The molecule has 0 aliphatic carbocycles. The molecular formula is C13H14N2O2. The zero-order valence-electron chi connectivity index (χ0n) is 9.50. The molecule has 88 valence electrons. The van der Waals surface area contributed by atoms with Crippen molar-refractivity contribution in [1.82, 2.24) is 10.2 Å². The lowest BCUT2D eigenvalue weighted by Gasteiger charge is -2.14. The van der Waals surface area contributed by atoms with Gasteiger partial charge in [0.2, 0.25) is 5.75 Å². The van der Waals surface area contributed by atoms with Gasteiger partial charge in [-0.2, -0.15) is 0 Å². The summed E-state index contributed by atoms with van der Waals surface area (Å²) in [6, 6.07) is 9.92. The zero-order chi connectivity index (χ0) is 11.5. The summed E-state index contributed by atoms with van der Waals surface area (Å²) < 4.78 is 5.01. The summed E-state index contributed by atoms with van der Waals surface area (Å²) in [5.41, 5.74) is 1.77. The average molecular weight is 230 g/mol. The Morgan fingerprint density at radius 2 is 1.88 bits per heavy atom. The van der Waals surface area contributed by atoms with Crippen LogP contribution in [0.2, 0.25) is 0 Å². The second-order valence-electron chi connectivity index (χ2n) is 4.12. The van der Waals surface area contributed by atoms with E-state index < -0.39 is 0 Å². The van der Waals surface area contributed by atoms with Gasteiger partial charge >= 0.3 is 0 Å². The van der Waals surface area contributed by atoms with Gasteiger partial charge in [0.1, 0.15) is 0 Å². The maximum Gasteiger partial charge on any atom is 0.214 e. The van der Waals surface area contributed by atoms with Gasteiger partial charge in [0.15, 0.2) is 12.0 Å². The third-order valence-corrected chi connectivity index (χ3v) is 2.88. The second kappa shape index (κ2) is 4.59. The van der Waals surface area contributed by atoms with Gasteiger partial charge in [0.05, 0.1) is 0 Å². The van der Waals surface area contributed by atoms with Crippen LogP contribution in [0.15, 0.2) is 41.1 Å². The maximum absolute atomic E-state index is 5.78. The van der Waals surface area contributed by atoms with Crippen LogP contribution < -0.4 is 4.84 Å². The Morgan fingerprint density at radius 3 is 2.65 bits per heavy atom. The second-order valence-corrected chi connectivity index (χ2v) is 4.12. The molecule has 1 aliphatic heterocycles. The number of benzene rings is 1. The molecule has 17 heavy (non-hydrogen) atoms. The fourth-order valence-electron chi connectivity index (χ4n) is 2.00. The SMILES string of the molecule is c1ccc(-c2nocc2ON2CCCC2)cc1. The molecule has 0 radical (unpaired) electrons. The monoisotopic (exact) mass is 230 g/mol. The molecule has 0 bridgehead atoms. The van der Waals surface area contributed by atoms with E-state index in [9.17, 15) is 0 Å². The molecular weight excluding hydrogens is 216 g/mol. The van der Waals surface area contributed by atoms with Gasteiger partial charge in [0.25, 0.3) is 0 Å². The molecule has 0 amide bonds. The zero-order valence-corrected chi connectivity index (χ0v) is 9.50. The van der Waals surface area contributed by atoms with E-state index in [1.807, 2.05) is 35.4 Å². The number of hydrogen-bond acceptors (Lipinski definition) is 4. The maximum atomic E-state index is 5.78. The first-order valence-corrected chi connectivity index (χ1v) is 5.86. The van der Waals surface area contributed by atoms with Crippen molar-refractivity contribution >= 4 is 0 Å². The summed E-state index contributed by atoms with van der Waals surface area (Å²) in [7, 11) is 0. The van der Waals surface area contributed by atoms with Crippen LogP contribution in [0.3, 0.4) is 0 Å². The Morgan fingerprint density at radius 1 is 1.12 bits per heavy atom. The summed E-state index contributed by atoms with van der Waals surface area (Å²) >= 11 is 0. The van der Waals surface area contributed by atoms with Crippen molar-refractivity contribution in [3.8, 4) is 17.0 Å². The van der Waals surface area contributed by atoms with Crippen molar-refractivity contribution < 1.29 is 9.36 Å². The molecule has 0 N–H and O–H groups in total. The first kappa shape index (κ1) is 10.4. The van der Waals surface area contributed by atoms with Gasteiger partial charge in [-0.15, -0.1) is 5.06 Å². The van der Waals surface area contributed by atoms with E-state index in [0.29, 0.717) is 5.75 Å². The minimum absolute atomic E-state index is 0.693. The van der Waals surface area contributed by atoms with E-state index in [0.717, 1.165) is 24.3 Å². The lowest BCUT2D eigenvalue weighted by atomic mass is 10.1. The van der Waals surface area contributed by atoms with Crippen LogP contribution in [0.4, 0.5) is 0 Å².